The molecule has 3 atom stereocenters. The van der Waals surface area contributed by atoms with Gasteiger partial charge < -0.3 is 4.90 Å². The van der Waals surface area contributed by atoms with Gasteiger partial charge in [-0.25, -0.2) is 0 Å². The number of carbonyl (C=O) groups is 1. The minimum absolute atomic E-state index is 0.0463. The molecule has 2 aliphatic heterocycles. The Kier molecular flexibility index (Phi) is 5.90. The fourth-order valence-electron chi connectivity index (χ4n) is 2.76. The minimum Gasteiger partial charge on any atom is -0.325 e. The van der Waals surface area contributed by atoms with Crippen molar-refractivity contribution < 1.29 is 4.79 Å². The summed E-state index contributed by atoms with van der Waals surface area (Å²) in [5.41, 5.74) is 0. The van der Waals surface area contributed by atoms with Gasteiger partial charge in [-0.3, -0.25) is 10.1 Å². The van der Waals surface area contributed by atoms with E-state index in [1.54, 1.807) is 0 Å². The van der Waals surface area contributed by atoms with Crippen LogP contribution in [-0.2, 0) is 4.79 Å². The average Bonchev–Trinajstić information content (AvgIpc) is 2.67. The van der Waals surface area contributed by atoms with Gasteiger partial charge in [0.1, 0.15) is 0 Å². The van der Waals surface area contributed by atoms with Gasteiger partial charge in [0.05, 0.1) is 12.2 Å². The molecule has 19 heavy (non-hydrogen) atoms. The Hall–Kier alpha value is 0.130. The topological polar surface area (TPSA) is 32.3 Å². The predicted octanol–water partition coefficient (Wildman–Crippen LogP) is 2.42. The Bertz CT molecular complexity index is 306. The molecule has 0 saturated carbocycles. The first-order chi connectivity index (χ1) is 9.11. The van der Waals surface area contributed by atoms with E-state index < -0.39 is 0 Å². The second-order valence-corrected chi connectivity index (χ2v) is 8.39. The first-order valence-corrected chi connectivity index (χ1v) is 9.58. The molecular formula is C14H26N2OS2. The van der Waals surface area contributed by atoms with Crippen LogP contribution in [0.1, 0.15) is 33.6 Å². The van der Waals surface area contributed by atoms with Crippen molar-refractivity contribution in [3.05, 3.63) is 0 Å². The maximum absolute atomic E-state index is 12.4. The van der Waals surface area contributed by atoms with Gasteiger partial charge in [0.2, 0.25) is 5.91 Å². The monoisotopic (exact) mass is 302 g/mol. The van der Waals surface area contributed by atoms with Gasteiger partial charge in [-0.1, -0.05) is 20.8 Å². The number of amides is 1. The molecule has 110 valence electrons. The van der Waals surface area contributed by atoms with Crippen LogP contribution in [0.3, 0.4) is 0 Å². The largest absolute Gasteiger partial charge is 0.325 e. The van der Waals surface area contributed by atoms with E-state index in [-0.39, 0.29) is 12.2 Å². The zero-order valence-corrected chi connectivity index (χ0v) is 13.9. The van der Waals surface area contributed by atoms with Crippen molar-refractivity contribution in [2.45, 2.75) is 51.1 Å². The van der Waals surface area contributed by atoms with Gasteiger partial charge in [-0.05, 0) is 18.8 Å². The third-order valence-corrected chi connectivity index (χ3v) is 6.57. The van der Waals surface area contributed by atoms with Crippen molar-refractivity contribution in [2.75, 3.05) is 23.8 Å². The molecule has 1 amide bonds. The van der Waals surface area contributed by atoms with Crippen LogP contribution >= 0.6 is 23.5 Å². The molecule has 0 spiro atoms. The molecule has 0 radical (unpaired) electrons. The molecule has 2 saturated heterocycles. The fraction of sp³-hybridized carbons (Fsp3) is 0.929. The number of rotatable bonds is 5. The summed E-state index contributed by atoms with van der Waals surface area (Å²) in [6.45, 7) is 7.48. The Balaban J connectivity index is 1.98. The molecule has 0 aliphatic carbocycles. The van der Waals surface area contributed by atoms with Gasteiger partial charge in [0.15, 0.2) is 0 Å². The number of hydrogen-bond acceptors (Lipinski definition) is 4. The molecule has 0 aromatic heterocycles. The van der Waals surface area contributed by atoms with Crippen LogP contribution in [0, 0.1) is 5.92 Å². The molecule has 1 N–H and O–H groups in total. The van der Waals surface area contributed by atoms with Crippen LogP contribution < -0.4 is 5.32 Å². The summed E-state index contributed by atoms with van der Waals surface area (Å²) in [4.78, 5) is 14.6. The number of nitrogens with one attached hydrogen (secondary N) is 1. The van der Waals surface area contributed by atoms with E-state index in [1.807, 2.05) is 23.5 Å². The zero-order valence-electron chi connectivity index (χ0n) is 12.2. The molecule has 0 aromatic carbocycles. The van der Waals surface area contributed by atoms with Crippen LogP contribution in [0.25, 0.3) is 0 Å². The summed E-state index contributed by atoms with van der Waals surface area (Å²) >= 11 is 4.07. The SMILES string of the molecule is CCC1NC(CC(C)C)N(CC2CSCCS2)C1=O. The number of thioether (sulfide) groups is 2. The van der Waals surface area contributed by atoms with E-state index >= 15 is 0 Å². The zero-order chi connectivity index (χ0) is 13.8. The van der Waals surface area contributed by atoms with Crippen molar-refractivity contribution in [3.63, 3.8) is 0 Å². The Morgan fingerprint density at radius 1 is 1.42 bits per heavy atom. The highest BCUT2D eigenvalue weighted by Gasteiger charge is 2.38. The van der Waals surface area contributed by atoms with Gasteiger partial charge in [0, 0.05) is 29.1 Å². The maximum atomic E-state index is 12.4. The molecule has 2 aliphatic rings. The Morgan fingerprint density at radius 3 is 2.79 bits per heavy atom. The molecule has 2 rings (SSSR count). The lowest BCUT2D eigenvalue weighted by atomic mass is 10.1. The van der Waals surface area contributed by atoms with Crippen LogP contribution in [0.15, 0.2) is 0 Å². The lowest BCUT2D eigenvalue weighted by Crippen LogP contribution is -2.43. The highest BCUT2D eigenvalue weighted by Crippen LogP contribution is 2.27. The van der Waals surface area contributed by atoms with Crippen LogP contribution in [0.5, 0.6) is 0 Å². The maximum Gasteiger partial charge on any atom is 0.241 e. The summed E-state index contributed by atoms with van der Waals surface area (Å²) < 4.78 is 0. The highest BCUT2D eigenvalue weighted by atomic mass is 32.2. The Labute approximate surface area is 125 Å². The summed E-state index contributed by atoms with van der Waals surface area (Å²) in [6, 6.07) is 0.0463. The molecule has 0 aromatic rings. The van der Waals surface area contributed by atoms with E-state index in [0.717, 1.165) is 19.4 Å². The van der Waals surface area contributed by atoms with Gasteiger partial charge in [-0.2, -0.15) is 23.5 Å². The molecular weight excluding hydrogens is 276 g/mol. The van der Waals surface area contributed by atoms with Crippen LogP contribution in [0.2, 0.25) is 0 Å². The predicted molar refractivity (Wildman–Crippen MR) is 85.7 cm³/mol. The summed E-state index contributed by atoms with van der Waals surface area (Å²) in [5.74, 6) is 4.64. The van der Waals surface area contributed by atoms with Crippen molar-refractivity contribution in [2.24, 2.45) is 5.92 Å². The first kappa shape index (κ1) is 15.5. The van der Waals surface area contributed by atoms with E-state index in [0.29, 0.717) is 17.1 Å². The van der Waals surface area contributed by atoms with Crippen LogP contribution in [0.4, 0.5) is 0 Å². The first-order valence-electron chi connectivity index (χ1n) is 7.37. The molecule has 3 unspecified atom stereocenters. The van der Waals surface area contributed by atoms with Crippen LogP contribution in [-0.4, -0.2) is 52.1 Å². The van der Waals surface area contributed by atoms with E-state index in [1.165, 1.54) is 17.3 Å². The number of nitrogens with zero attached hydrogens (tertiary/aromatic N) is 1. The summed E-state index contributed by atoms with van der Waals surface area (Å²) in [6.07, 6.45) is 2.22. The molecule has 5 heteroatoms. The summed E-state index contributed by atoms with van der Waals surface area (Å²) in [7, 11) is 0. The average molecular weight is 303 g/mol. The lowest BCUT2D eigenvalue weighted by Gasteiger charge is -2.30. The highest BCUT2D eigenvalue weighted by molar-refractivity contribution is 8.06. The molecule has 3 nitrogen and oxygen atoms in total. The normalized spacial score (nSPS) is 32.3. The Morgan fingerprint density at radius 2 is 2.21 bits per heavy atom. The molecule has 2 heterocycles. The molecule has 2 fully saturated rings. The standard InChI is InChI=1S/C14H26N2OS2/c1-4-12-14(17)16(13(15-12)7-10(2)3)8-11-9-18-5-6-19-11/h10-13,15H,4-9H2,1-3H3. The smallest absolute Gasteiger partial charge is 0.241 e. The van der Waals surface area contributed by atoms with Crippen molar-refractivity contribution >= 4 is 29.4 Å². The third-order valence-electron chi connectivity index (χ3n) is 3.74. The fourth-order valence-corrected chi connectivity index (χ4v) is 5.42. The minimum atomic E-state index is 0.0463. The molecule has 0 bridgehead atoms. The van der Waals surface area contributed by atoms with Gasteiger partial charge in [0.25, 0.3) is 0 Å². The second kappa shape index (κ2) is 7.23. The number of hydrogen-bond donors (Lipinski definition) is 1. The van der Waals surface area contributed by atoms with E-state index in [9.17, 15) is 4.79 Å². The summed E-state index contributed by atoms with van der Waals surface area (Å²) in [5, 5.41) is 4.14. The quantitative estimate of drug-likeness (QED) is 0.845. The van der Waals surface area contributed by atoms with E-state index in [2.05, 4.69) is 31.0 Å². The second-order valence-electron chi connectivity index (χ2n) is 5.83. The number of carbonyl (C=O) groups excluding carboxylic acids is 1. The van der Waals surface area contributed by atoms with E-state index in [4.69, 9.17) is 0 Å². The van der Waals surface area contributed by atoms with Crippen molar-refractivity contribution in [1.29, 1.82) is 0 Å². The third kappa shape index (κ3) is 4.05. The van der Waals surface area contributed by atoms with Gasteiger partial charge in [-0.15, -0.1) is 0 Å². The van der Waals surface area contributed by atoms with Crippen molar-refractivity contribution in [3.8, 4) is 0 Å². The van der Waals surface area contributed by atoms with Crippen molar-refractivity contribution in [1.82, 2.24) is 10.2 Å². The lowest BCUT2D eigenvalue weighted by molar-refractivity contribution is -0.130. The van der Waals surface area contributed by atoms with Gasteiger partial charge >= 0.3 is 0 Å².